The fourth-order valence-corrected chi connectivity index (χ4v) is 6.58. The number of urea groups is 1. The summed E-state index contributed by atoms with van der Waals surface area (Å²) in [6.45, 7) is 12.9. The van der Waals surface area contributed by atoms with Crippen molar-refractivity contribution in [2.45, 2.75) is 65.2 Å². The number of anilines is 3. The third kappa shape index (κ3) is 8.30. The van der Waals surface area contributed by atoms with Crippen molar-refractivity contribution >= 4 is 29.0 Å². The van der Waals surface area contributed by atoms with E-state index in [1.165, 1.54) is 29.7 Å². The molecular formula is C39H48N6O2. The largest absolute Gasteiger partial charge is 0.372 e. The van der Waals surface area contributed by atoms with Crippen molar-refractivity contribution < 1.29 is 9.59 Å². The maximum absolute atomic E-state index is 13.2. The fourth-order valence-electron chi connectivity index (χ4n) is 6.58. The van der Waals surface area contributed by atoms with Gasteiger partial charge in [-0.25, -0.2) is 9.48 Å². The molecule has 0 radical (unpaired) electrons. The number of rotatable bonds is 9. The summed E-state index contributed by atoms with van der Waals surface area (Å²) >= 11 is 0. The van der Waals surface area contributed by atoms with Gasteiger partial charge < -0.3 is 10.2 Å². The molecule has 3 aromatic carbocycles. The number of aromatic nitrogens is 2. The van der Waals surface area contributed by atoms with Gasteiger partial charge in [-0.3, -0.25) is 15.0 Å². The Hall–Kier alpha value is -4.43. The highest BCUT2D eigenvalue weighted by Crippen LogP contribution is 2.28. The number of likely N-dealkylation sites (tertiary alicyclic amines) is 1. The molecule has 3 heterocycles. The van der Waals surface area contributed by atoms with Crippen LogP contribution in [0.2, 0.25) is 0 Å². The van der Waals surface area contributed by atoms with Crippen LogP contribution in [0.5, 0.6) is 0 Å². The average Bonchev–Trinajstić information content (AvgIpc) is 3.74. The number of aryl methyl sites for hydroxylation is 1. The Morgan fingerprint density at radius 1 is 0.830 bits per heavy atom. The van der Waals surface area contributed by atoms with Gasteiger partial charge in [-0.05, 0) is 112 Å². The predicted octanol–water partition coefficient (Wildman–Crippen LogP) is 7.86. The molecule has 0 saturated carbocycles. The summed E-state index contributed by atoms with van der Waals surface area (Å²) in [6.07, 6.45) is 5.55. The first-order valence-electron chi connectivity index (χ1n) is 17.1. The zero-order valence-corrected chi connectivity index (χ0v) is 28.3. The molecule has 0 atom stereocenters. The van der Waals surface area contributed by atoms with Crippen LogP contribution in [0.15, 0.2) is 78.9 Å². The first kappa shape index (κ1) is 32.5. The number of nitrogens with zero attached hydrogens (tertiary/aromatic N) is 4. The number of Topliss-reactive ketones (excluding diaryl/α,β-unsaturated/α-hetero) is 1. The van der Waals surface area contributed by atoms with Crippen LogP contribution in [0.25, 0.3) is 5.69 Å². The Morgan fingerprint density at radius 3 is 2.19 bits per heavy atom. The number of nitrogens with one attached hydrogen (secondary N) is 2. The second kappa shape index (κ2) is 14.1. The van der Waals surface area contributed by atoms with Gasteiger partial charge in [0.1, 0.15) is 5.82 Å². The van der Waals surface area contributed by atoms with Crippen molar-refractivity contribution in [1.29, 1.82) is 0 Å². The summed E-state index contributed by atoms with van der Waals surface area (Å²) in [4.78, 5) is 30.9. The van der Waals surface area contributed by atoms with Crippen LogP contribution >= 0.6 is 0 Å². The second-order valence-electron chi connectivity index (χ2n) is 14.3. The number of benzene rings is 3. The van der Waals surface area contributed by atoms with Crippen LogP contribution < -0.4 is 15.5 Å². The van der Waals surface area contributed by atoms with Gasteiger partial charge in [-0.1, -0.05) is 50.6 Å². The number of carbonyl (C=O) groups is 2. The van der Waals surface area contributed by atoms with Crippen LogP contribution in [-0.2, 0) is 11.8 Å². The van der Waals surface area contributed by atoms with Crippen molar-refractivity contribution in [3.8, 4) is 5.69 Å². The number of amides is 2. The van der Waals surface area contributed by atoms with E-state index in [1.54, 1.807) is 4.68 Å². The highest BCUT2D eigenvalue weighted by Gasteiger charge is 2.23. The molecule has 0 aliphatic carbocycles. The Bertz CT molecular complexity index is 1670. The van der Waals surface area contributed by atoms with Crippen LogP contribution in [0.4, 0.5) is 22.0 Å². The maximum atomic E-state index is 13.2. The molecule has 0 bridgehead atoms. The molecule has 47 heavy (non-hydrogen) atoms. The Balaban J connectivity index is 1.01. The molecular weight excluding hydrogens is 584 g/mol. The highest BCUT2D eigenvalue weighted by atomic mass is 16.2. The van der Waals surface area contributed by atoms with E-state index in [0.717, 1.165) is 68.1 Å². The van der Waals surface area contributed by atoms with Crippen LogP contribution in [0.3, 0.4) is 0 Å². The normalized spacial score (nSPS) is 16.0. The zero-order chi connectivity index (χ0) is 33.0. The van der Waals surface area contributed by atoms with E-state index in [0.29, 0.717) is 18.3 Å². The number of piperidine rings is 1. The third-order valence-corrected chi connectivity index (χ3v) is 9.44. The standard InChI is InChI=1S/C39H48N6O2/c1-28-10-14-34(15-11-28)45-37(26-36(42-45)39(2,3)4)41-38(47)40-32-9-7-8-30(25-32)24-29-18-22-43(23-19-29)27-35(46)31-12-16-33(17-13-31)44-20-5-6-21-44/h7-17,25-26,29H,5-6,18-24,27H2,1-4H3,(H2,40,41,47). The van der Waals surface area contributed by atoms with E-state index in [4.69, 9.17) is 5.10 Å². The third-order valence-electron chi connectivity index (χ3n) is 9.44. The van der Waals surface area contributed by atoms with E-state index in [-0.39, 0.29) is 17.2 Å². The zero-order valence-electron chi connectivity index (χ0n) is 28.3. The summed E-state index contributed by atoms with van der Waals surface area (Å²) in [5.74, 6) is 1.37. The summed E-state index contributed by atoms with van der Waals surface area (Å²) in [7, 11) is 0. The van der Waals surface area contributed by atoms with Gasteiger partial charge in [0, 0.05) is 41.5 Å². The van der Waals surface area contributed by atoms with E-state index in [2.05, 4.69) is 72.4 Å². The van der Waals surface area contributed by atoms with E-state index in [1.807, 2.05) is 54.6 Å². The number of ketones is 1. The summed E-state index contributed by atoms with van der Waals surface area (Å²) < 4.78 is 1.79. The summed E-state index contributed by atoms with van der Waals surface area (Å²) in [5.41, 5.74) is 6.79. The van der Waals surface area contributed by atoms with Crippen LogP contribution in [0.1, 0.15) is 73.6 Å². The molecule has 1 aromatic heterocycles. The van der Waals surface area contributed by atoms with Crippen LogP contribution in [0, 0.1) is 12.8 Å². The van der Waals surface area contributed by atoms with E-state index >= 15 is 0 Å². The molecule has 6 rings (SSSR count). The average molecular weight is 633 g/mol. The van der Waals surface area contributed by atoms with E-state index < -0.39 is 0 Å². The minimum absolute atomic E-state index is 0.165. The summed E-state index contributed by atoms with van der Waals surface area (Å²) in [6, 6.07) is 26.1. The van der Waals surface area contributed by atoms with Crippen molar-refractivity contribution in [2.75, 3.05) is 48.3 Å². The van der Waals surface area contributed by atoms with Gasteiger partial charge >= 0.3 is 6.03 Å². The molecule has 2 fully saturated rings. The Kier molecular flexibility index (Phi) is 9.78. The van der Waals surface area contributed by atoms with Crippen molar-refractivity contribution in [2.24, 2.45) is 5.92 Å². The monoisotopic (exact) mass is 632 g/mol. The van der Waals surface area contributed by atoms with Gasteiger partial charge in [0.15, 0.2) is 5.78 Å². The molecule has 246 valence electrons. The lowest BCUT2D eigenvalue weighted by Gasteiger charge is -2.31. The van der Waals surface area contributed by atoms with Gasteiger partial charge in [-0.2, -0.15) is 5.10 Å². The van der Waals surface area contributed by atoms with Crippen molar-refractivity contribution in [3.05, 3.63) is 101 Å². The minimum Gasteiger partial charge on any atom is -0.372 e. The lowest BCUT2D eigenvalue weighted by atomic mass is 9.90. The molecule has 0 spiro atoms. The molecule has 8 heteroatoms. The van der Waals surface area contributed by atoms with E-state index in [9.17, 15) is 9.59 Å². The second-order valence-corrected chi connectivity index (χ2v) is 14.3. The first-order chi connectivity index (χ1) is 22.6. The van der Waals surface area contributed by atoms with Gasteiger partial charge in [0.05, 0.1) is 17.9 Å². The Labute approximate surface area is 279 Å². The fraction of sp³-hybridized carbons (Fsp3) is 0.410. The van der Waals surface area contributed by atoms with Gasteiger partial charge in [0.2, 0.25) is 0 Å². The number of hydrogen-bond acceptors (Lipinski definition) is 5. The van der Waals surface area contributed by atoms with Crippen LogP contribution in [-0.4, -0.2) is 59.2 Å². The van der Waals surface area contributed by atoms with Gasteiger partial charge in [0.25, 0.3) is 0 Å². The molecule has 8 nitrogen and oxygen atoms in total. The first-order valence-corrected chi connectivity index (χ1v) is 17.1. The molecule has 0 unspecified atom stereocenters. The lowest BCUT2D eigenvalue weighted by molar-refractivity contribution is 0.0895. The molecule has 2 amide bonds. The highest BCUT2D eigenvalue weighted by molar-refractivity contribution is 5.99. The maximum Gasteiger partial charge on any atom is 0.324 e. The summed E-state index contributed by atoms with van der Waals surface area (Å²) in [5, 5.41) is 10.9. The molecule has 2 aliphatic heterocycles. The van der Waals surface area contributed by atoms with Crippen molar-refractivity contribution in [1.82, 2.24) is 14.7 Å². The smallest absolute Gasteiger partial charge is 0.324 e. The van der Waals surface area contributed by atoms with Gasteiger partial charge in [-0.15, -0.1) is 0 Å². The van der Waals surface area contributed by atoms with Crippen molar-refractivity contribution in [3.63, 3.8) is 0 Å². The SMILES string of the molecule is Cc1ccc(-n2nc(C(C)(C)C)cc2NC(=O)Nc2cccc(CC3CCN(CC(=O)c4ccc(N5CCCC5)cc4)CC3)c2)cc1. The molecule has 4 aromatic rings. The quantitative estimate of drug-likeness (QED) is 0.184. The number of hydrogen-bond donors (Lipinski definition) is 2. The minimum atomic E-state index is -0.306. The topological polar surface area (TPSA) is 82.5 Å². The number of carbonyl (C=O) groups excluding carboxylic acids is 2. The lowest BCUT2D eigenvalue weighted by Crippen LogP contribution is -2.37. The Morgan fingerprint density at radius 2 is 1.51 bits per heavy atom. The molecule has 2 N–H and O–H groups in total. The molecule has 2 saturated heterocycles. The predicted molar refractivity (Wildman–Crippen MR) is 191 cm³/mol. The molecule has 2 aliphatic rings.